The number of likely N-dealkylation sites (tertiary alicyclic amines) is 1. The first kappa shape index (κ1) is 22.3. The Balaban J connectivity index is 1.75. The summed E-state index contributed by atoms with van der Waals surface area (Å²) in [6, 6.07) is 6.79. The van der Waals surface area contributed by atoms with E-state index in [9.17, 15) is 18.0 Å². The highest BCUT2D eigenvalue weighted by atomic mass is 19.4. The van der Waals surface area contributed by atoms with Crippen molar-refractivity contribution in [3.63, 3.8) is 0 Å². The van der Waals surface area contributed by atoms with Gasteiger partial charge in [0.05, 0.1) is 23.2 Å². The molecular weight excluding hydrogens is 419 g/mol. The Kier molecular flexibility index (Phi) is 5.30. The topological polar surface area (TPSA) is 54.8 Å². The number of carbonyl (C=O) groups excluding carboxylic acids is 1. The van der Waals surface area contributed by atoms with Gasteiger partial charge in [0.25, 0.3) is 0 Å². The van der Waals surface area contributed by atoms with E-state index in [0.717, 1.165) is 17.8 Å². The number of hydrogen-bond donors (Lipinski definition) is 0. The van der Waals surface area contributed by atoms with Crippen LogP contribution >= 0.6 is 0 Å². The molecule has 8 heteroatoms. The molecule has 4 rings (SSSR count). The van der Waals surface area contributed by atoms with Gasteiger partial charge in [0.2, 0.25) is 5.91 Å². The minimum absolute atomic E-state index is 0.0307. The molecule has 0 saturated carbocycles. The lowest BCUT2D eigenvalue weighted by atomic mass is 9.95. The van der Waals surface area contributed by atoms with Crippen molar-refractivity contribution < 1.29 is 22.7 Å². The fraction of sp³-hybridized carbons (Fsp3) is 0.458. The van der Waals surface area contributed by atoms with Crippen molar-refractivity contribution in [3.05, 3.63) is 47.8 Å². The third-order valence-electron chi connectivity index (χ3n) is 5.83. The number of likely N-dealkylation sites (N-methyl/N-ethyl adjacent to an activating group) is 1. The van der Waals surface area contributed by atoms with Crippen molar-refractivity contribution in [1.82, 2.24) is 9.88 Å². The molecule has 3 heterocycles. The summed E-state index contributed by atoms with van der Waals surface area (Å²) in [5, 5.41) is 0. The number of halogens is 3. The summed E-state index contributed by atoms with van der Waals surface area (Å²) >= 11 is 0. The van der Waals surface area contributed by atoms with Crippen LogP contribution < -0.4 is 4.74 Å². The Labute approximate surface area is 185 Å². The standard InChI is InChI=1S/C24H26F3N3O2/c1-22(2,3)32-20-14-28-19(18-9-10-23(29-18)11-12-30(4)21(23)31)13-17(20)15-5-7-16(8-6-15)24(25,26)27/h5-8,13-14H,9-12H2,1-4H3. The van der Waals surface area contributed by atoms with Gasteiger partial charge >= 0.3 is 6.18 Å². The molecule has 1 fully saturated rings. The van der Waals surface area contributed by atoms with Crippen LogP contribution in [0.1, 0.15) is 51.3 Å². The number of rotatable bonds is 3. The predicted molar refractivity (Wildman–Crippen MR) is 116 cm³/mol. The highest BCUT2D eigenvalue weighted by Gasteiger charge is 2.48. The Morgan fingerprint density at radius 1 is 1.09 bits per heavy atom. The molecule has 1 aromatic carbocycles. The Bertz CT molecular complexity index is 1070. The first-order valence-corrected chi connectivity index (χ1v) is 10.6. The van der Waals surface area contributed by atoms with Crippen LogP contribution in [-0.2, 0) is 11.0 Å². The molecule has 0 N–H and O–H groups in total. The second-order valence-electron chi connectivity index (χ2n) is 9.42. The van der Waals surface area contributed by atoms with Gasteiger partial charge in [-0.25, -0.2) is 0 Å². The van der Waals surface area contributed by atoms with E-state index >= 15 is 0 Å². The molecular formula is C24H26F3N3O2. The first-order valence-electron chi connectivity index (χ1n) is 10.6. The largest absolute Gasteiger partial charge is 0.486 e. The van der Waals surface area contributed by atoms with E-state index in [1.165, 1.54) is 12.1 Å². The van der Waals surface area contributed by atoms with Crippen molar-refractivity contribution in [2.45, 2.75) is 57.3 Å². The lowest BCUT2D eigenvalue weighted by Gasteiger charge is -2.23. The average Bonchev–Trinajstić information content (AvgIpc) is 3.26. The summed E-state index contributed by atoms with van der Waals surface area (Å²) < 4.78 is 45.1. The van der Waals surface area contributed by atoms with Crippen LogP contribution in [0.25, 0.3) is 11.1 Å². The van der Waals surface area contributed by atoms with E-state index in [1.807, 2.05) is 20.8 Å². The third kappa shape index (κ3) is 4.23. The summed E-state index contributed by atoms with van der Waals surface area (Å²) in [7, 11) is 1.78. The number of aliphatic imine (C=N–C) groups is 1. The number of aromatic nitrogens is 1. The summed E-state index contributed by atoms with van der Waals surface area (Å²) in [6.07, 6.45) is -0.866. The van der Waals surface area contributed by atoms with Gasteiger partial charge in [0.1, 0.15) is 16.9 Å². The number of pyridine rings is 1. The van der Waals surface area contributed by atoms with Crippen LogP contribution in [0.15, 0.2) is 41.5 Å². The molecule has 2 aliphatic heterocycles. The zero-order valence-electron chi connectivity index (χ0n) is 18.6. The molecule has 1 unspecified atom stereocenters. The monoisotopic (exact) mass is 445 g/mol. The van der Waals surface area contributed by atoms with Crippen LogP contribution in [0.4, 0.5) is 13.2 Å². The van der Waals surface area contributed by atoms with Gasteiger partial charge in [0.15, 0.2) is 0 Å². The molecule has 1 spiro atoms. The van der Waals surface area contributed by atoms with E-state index in [4.69, 9.17) is 9.73 Å². The molecule has 5 nitrogen and oxygen atoms in total. The second-order valence-corrected chi connectivity index (χ2v) is 9.42. The second kappa shape index (κ2) is 7.60. The van der Waals surface area contributed by atoms with Crippen molar-refractivity contribution in [1.29, 1.82) is 0 Å². The quantitative estimate of drug-likeness (QED) is 0.658. The normalized spacial score (nSPS) is 21.4. The fourth-order valence-electron chi connectivity index (χ4n) is 4.21. The minimum Gasteiger partial charge on any atom is -0.486 e. The number of amides is 1. The van der Waals surface area contributed by atoms with Crippen LogP contribution in [0, 0.1) is 0 Å². The number of hydrogen-bond acceptors (Lipinski definition) is 4. The maximum absolute atomic E-state index is 13.0. The van der Waals surface area contributed by atoms with Crippen molar-refractivity contribution in [2.75, 3.05) is 13.6 Å². The zero-order valence-corrected chi connectivity index (χ0v) is 18.6. The molecule has 2 aromatic rings. The molecule has 32 heavy (non-hydrogen) atoms. The van der Waals surface area contributed by atoms with Crippen LogP contribution in [-0.4, -0.2) is 46.2 Å². The van der Waals surface area contributed by atoms with Crippen molar-refractivity contribution in [3.8, 4) is 16.9 Å². The molecule has 0 bridgehead atoms. The number of carbonyl (C=O) groups is 1. The Morgan fingerprint density at radius 2 is 1.78 bits per heavy atom. The predicted octanol–water partition coefficient (Wildman–Crippen LogP) is 5.13. The highest BCUT2D eigenvalue weighted by Crippen LogP contribution is 2.39. The van der Waals surface area contributed by atoms with Crippen LogP contribution in [0.2, 0.25) is 0 Å². The maximum Gasteiger partial charge on any atom is 0.416 e. The molecule has 0 aliphatic carbocycles. The Hall–Kier alpha value is -2.90. The van der Waals surface area contributed by atoms with E-state index in [2.05, 4.69) is 4.98 Å². The van der Waals surface area contributed by atoms with Gasteiger partial charge in [-0.15, -0.1) is 0 Å². The molecule has 170 valence electrons. The SMILES string of the molecule is CN1CCC2(CCC(c3cc(-c4ccc(C(F)(F)F)cc4)c(OC(C)(C)C)cn3)=N2)C1=O. The highest BCUT2D eigenvalue weighted by molar-refractivity contribution is 6.05. The first-order chi connectivity index (χ1) is 14.9. The third-order valence-corrected chi connectivity index (χ3v) is 5.83. The summed E-state index contributed by atoms with van der Waals surface area (Å²) in [6.45, 7) is 6.36. The van der Waals surface area contributed by atoms with Crippen molar-refractivity contribution in [2.24, 2.45) is 4.99 Å². The lowest BCUT2D eigenvalue weighted by molar-refractivity contribution is -0.137. The number of ether oxygens (including phenoxy) is 1. The van der Waals surface area contributed by atoms with Crippen LogP contribution in [0.5, 0.6) is 5.75 Å². The van der Waals surface area contributed by atoms with Crippen molar-refractivity contribution >= 4 is 11.6 Å². The van der Waals surface area contributed by atoms with Gasteiger partial charge in [0, 0.05) is 19.2 Å². The summed E-state index contributed by atoms with van der Waals surface area (Å²) in [5.41, 5.74) is 0.646. The Morgan fingerprint density at radius 3 is 2.34 bits per heavy atom. The lowest BCUT2D eigenvalue weighted by Crippen LogP contribution is -2.35. The zero-order chi connectivity index (χ0) is 23.3. The number of alkyl halides is 3. The summed E-state index contributed by atoms with van der Waals surface area (Å²) in [4.78, 5) is 23.6. The van der Waals surface area contributed by atoms with Gasteiger partial charge in [-0.05, 0) is 63.8 Å². The van der Waals surface area contributed by atoms with E-state index in [1.54, 1.807) is 24.2 Å². The molecule has 1 saturated heterocycles. The van der Waals surface area contributed by atoms with Crippen LogP contribution in [0.3, 0.4) is 0 Å². The fourth-order valence-corrected chi connectivity index (χ4v) is 4.21. The molecule has 1 amide bonds. The van der Waals surface area contributed by atoms with E-state index in [-0.39, 0.29) is 5.91 Å². The van der Waals surface area contributed by atoms with E-state index < -0.39 is 22.9 Å². The smallest absolute Gasteiger partial charge is 0.416 e. The van der Waals surface area contributed by atoms with Gasteiger partial charge in [-0.1, -0.05) is 12.1 Å². The minimum atomic E-state index is -4.40. The van der Waals surface area contributed by atoms with E-state index in [0.29, 0.717) is 48.4 Å². The molecule has 1 atom stereocenters. The number of nitrogens with zero attached hydrogens (tertiary/aromatic N) is 3. The number of benzene rings is 1. The van der Waals surface area contributed by atoms with Gasteiger partial charge in [-0.2, -0.15) is 13.2 Å². The maximum atomic E-state index is 13.0. The van der Waals surface area contributed by atoms with Gasteiger partial charge in [-0.3, -0.25) is 14.8 Å². The summed E-state index contributed by atoms with van der Waals surface area (Å²) in [5.74, 6) is 0.508. The average molecular weight is 445 g/mol. The molecule has 1 aromatic heterocycles. The van der Waals surface area contributed by atoms with Gasteiger partial charge < -0.3 is 9.64 Å². The molecule has 2 aliphatic rings. The molecule has 0 radical (unpaired) electrons.